The van der Waals surface area contributed by atoms with Crippen molar-refractivity contribution in [2.75, 3.05) is 0 Å². The number of carboxylic acid groups (broad SMARTS) is 1. The monoisotopic (exact) mass is 391 g/mol. The molecule has 0 saturated carbocycles. The van der Waals surface area contributed by atoms with Crippen LogP contribution in [0.5, 0.6) is 0 Å². The lowest BCUT2D eigenvalue weighted by molar-refractivity contribution is -0.141. The molecule has 1 aromatic heterocycles. The van der Waals surface area contributed by atoms with Crippen molar-refractivity contribution < 1.29 is 19.5 Å². The number of carbonyl (C=O) groups is 1. The Balaban J connectivity index is 1.46. The molecule has 0 saturated heterocycles. The Morgan fingerprint density at radius 3 is 2.72 bits per heavy atom. The second kappa shape index (κ2) is 8.52. The second-order valence-corrected chi connectivity index (χ2v) is 7.73. The Hall–Kier alpha value is -3.08. The largest absolute Gasteiger partial charge is 0.481 e. The van der Waals surface area contributed by atoms with Gasteiger partial charge in [0.15, 0.2) is 0 Å². The molecule has 0 radical (unpaired) electrons. The van der Waals surface area contributed by atoms with Crippen LogP contribution in [0.15, 0.2) is 58.1 Å². The maximum Gasteiger partial charge on any atom is 0.306 e. The van der Waals surface area contributed by atoms with E-state index in [4.69, 9.17) is 4.42 Å². The van der Waals surface area contributed by atoms with Crippen molar-refractivity contribution in [2.24, 2.45) is 11.1 Å². The maximum atomic E-state index is 11.8. The smallest absolute Gasteiger partial charge is 0.306 e. The molecule has 0 amide bonds. The van der Waals surface area contributed by atoms with Crippen molar-refractivity contribution in [2.45, 2.75) is 44.9 Å². The van der Waals surface area contributed by atoms with Crippen LogP contribution in [0.25, 0.3) is 11.0 Å². The number of nitrogens with zero attached hydrogens (tertiary/aromatic N) is 1. The van der Waals surface area contributed by atoms with Gasteiger partial charge in [0.1, 0.15) is 11.3 Å². The van der Waals surface area contributed by atoms with Crippen LogP contribution in [0.4, 0.5) is 0 Å². The van der Waals surface area contributed by atoms with Gasteiger partial charge in [0.25, 0.3) is 0 Å². The van der Waals surface area contributed by atoms with E-state index in [0.717, 1.165) is 48.8 Å². The molecule has 1 heterocycles. The Kier molecular flexibility index (Phi) is 5.65. The lowest BCUT2D eigenvalue weighted by Gasteiger charge is -2.13. The highest BCUT2D eigenvalue weighted by Gasteiger charge is 2.23. The van der Waals surface area contributed by atoms with Crippen molar-refractivity contribution in [3.63, 3.8) is 0 Å². The highest BCUT2D eigenvalue weighted by Crippen LogP contribution is 2.33. The van der Waals surface area contributed by atoms with E-state index in [0.29, 0.717) is 17.7 Å². The number of aliphatic carboxylic acids is 1. The molecule has 3 aromatic rings. The first-order valence-corrected chi connectivity index (χ1v) is 10.2. The summed E-state index contributed by atoms with van der Waals surface area (Å²) in [6.45, 7) is 0. The molecule has 0 bridgehead atoms. The summed E-state index contributed by atoms with van der Waals surface area (Å²) >= 11 is 0. The fraction of sp³-hybridized carbons (Fsp3) is 0.333. The molecule has 1 unspecified atom stereocenters. The van der Waals surface area contributed by atoms with Crippen LogP contribution in [-0.4, -0.2) is 22.0 Å². The van der Waals surface area contributed by atoms with Crippen LogP contribution in [0.1, 0.15) is 48.1 Å². The van der Waals surface area contributed by atoms with Crippen LogP contribution in [0.2, 0.25) is 0 Å². The third-order valence-corrected chi connectivity index (χ3v) is 5.81. The standard InChI is InChI=1S/C24H25NO4/c26-24(27)18(9-4-8-16-6-2-1-3-7-16)14-21(25-28)17-12-13-20-19-10-5-11-22(19)29-23(20)15-17/h1-3,6-7,12-13,15,18,28H,4-5,8-11,14H2,(H,26,27). The lowest BCUT2D eigenvalue weighted by atomic mass is 9.92. The summed E-state index contributed by atoms with van der Waals surface area (Å²) in [5.41, 5.74) is 4.35. The van der Waals surface area contributed by atoms with Crippen molar-refractivity contribution in [1.82, 2.24) is 0 Å². The van der Waals surface area contributed by atoms with Crippen molar-refractivity contribution in [3.8, 4) is 0 Å². The molecule has 1 atom stereocenters. The van der Waals surface area contributed by atoms with Crippen molar-refractivity contribution in [1.29, 1.82) is 0 Å². The van der Waals surface area contributed by atoms with Gasteiger partial charge in [-0.2, -0.15) is 0 Å². The van der Waals surface area contributed by atoms with Gasteiger partial charge in [-0.05, 0) is 43.7 Å². The minimum atomic E-state index is -0.864. The average Bonchev–Trinajstić information content (AvgIpc) is 3.32. The molecule has 2 aromatic carbocycles. The number of furan rings is 1. The summed E-state index contributed by atoms with van der Waals surface area (Å²) in [6, 6.07) is 15.8. The Morgan fingerprint density at radius 1 is 1.14 bits per heavy atom. The molecule has 150 valence electrons. The maximum absolute atomic E-state index is 11.8. The normalized spacial score (nSPS) is 14.8. The number of aryl methyl sites for hydroxylation is 3. The quantitative estimate of drug-likeness (QED) is 0.313. The SMILES string of the molecule is O=C(O)C(CCCc1ccccc1)CC(=NO)c1ccc2c3c(oc2c1)CCC3. The van der Waals surface area contributed by atoms with Gasteiger partial charge in [-0.25, -0.2) is 0 Å². The number of hydrogen-bond acceptors (Lipinski definition) is 4. The summed E-state index contributed by atoms with van der Waals surface area (Å²) in [5, 5.41) is 23.8. The fourth-order valence-electron chi connectivity index (χ4n) is 4.24. The number of oxime groups is 1. The Labute approximate surface area is 169 Å². The predicted molar refractivity (Wildman–Crippen MR) is 112 cm³/mol. The third kappa shape index (κ3) is 4.19. The molecule has 5 nitrogen and oxygen atoms in total. The van der Waals surface area contributed by atoms with E-state index >= 15 is 0 Å². The number of fused-ring (bicyclic) bond motifs is 3. The lowest BCUT2D eigenvalue weighted by Crippen LogP contribution is -2.19. The average molecular weight is 391 g/mol. The van der Waals surface area contributed by atoms with E-state index in [1.165, 1.54) is 11.1 Å². The first kappa shape index (κ1) is 19.2. The molecule has 0 aliphatic heterocycles. The number of rotatable bonds is 8. The minimum Gasteiger partial charge on any atom is -0.481 e. The third-order valence-electron chi connectivity index (χ3n) is 5.81. The van der Waals surface area contributed by atoms with Crippen LogP contribution in [-0.2, 0) is 24.1 Å². The molecule has 4 rings (SSSR count). The fourth-order valence-corrected chi connectivity index (χ4v) is 4.24. The van der Waals surface area contributed by atoms with E-state index in [2.05, 4.69) is 5.16 Å². The van der Waals surface area contributed by atoms with Crippen LogP contribution >= 0.6 is 0 Å². The molecule has 1 aliphatic rings. The zero-order chi connectivity index (χ0) is 20.2. The molecule has 0 fully saturated rings. The molecule has 0 spiro atoms. The van der Waals surface area contributed by atoms with E-state index in [1.807, 2.05) is 48.5 Å². The molecule has 5 heteroatoms. The summed E-state index contributed by atoms with van der Waals surface area (Å²) in [5.74, 6) is -0.414. The summed E-state index contributed by atoms with van der Waals surface area (Å²) < 4.78 is 5.96. The van der Waals surface area contributed by atoms with Gasteiger partial charge < -0.3 is 14.7 Å². The first-order chi connectivity index (χ1) is 14.2. The van der Waals surface area contributed by atoms with Crippen LogP contribution in [0, 0.1) is 5.92 Å². The highest BCUT2D eigenvalue weighted by atomic mass is 16.4. The van der Waals surface area contributed by atoms with Crippen LogP contribution in [0.3, 0.4) is 0 Å². The second-order valence-electron chi connectivity index (χ2n) is 7.73. The van der Waals surface area contributed by atoms with E-state index < -0.39 is 11.9 Å². The predicted octanol–water partition coefficient (Wildman–Crippen LogP) is 5.21. The Morgan fingerprint density at radius 2 is 1.97 bits per heavy atom. The van der Waals surface area contributed by atoms with E-state index in [9.17, 15) is 15.1 Å². The van der Waals surface area contributed by atoms with Gasteiger partial charge in [0.2, 0.25) is 0 Å². The van der Waals surface area contributed by atoms with Crippen LogP contribution < -0.4 is 0 Å². The summed E-state index contributed by atoms with van der Waals surface area (Å²) in [7, 11) is 0. The summed E-state index contributed by atoms with van der Waals surface area (Å²) in [4.78, 5) is 11.8. The van der Waals surface area contributed by atoms with Gasteiger partial charge >= 0.3 is 5.97 Å². The Bertz CT molecular complexity index is 1040. The van der Waals surface area contributed by atoms with Crippen molar-refractivity contribution in [3.05, 3.63) is 71.0 Å². The van der Waals surface area contributed by atoms with Crippen molar-refractivity contribution >= 4 is 22.7 Å². The first-order valence-electron chi connectivity index (χ1n) is 10.2. The zero-order valence-corrected chi connectivity index (χ0v) is 16.3. The van der Waals surface area contributed by atoms with E-state index in [-0.39, 0.29) is 6.42 Å². The number of carboxylic acids is 1. The molecule has 2 N–H and O–H groups in total. The minimum absolute atomic E-state index is 0.187. The molecular formula is C24H25NO4. The highest BCUT2D eigenvalue weighted by molar-refractivity contribution is 6.04. The zero-order valence-electron chi connectivity index (χ0n) is 16.3. The molecule has 29 heavy (non-hydrogen) atoms. The topological polar surface area (TPSA) is 83.0 Å². The van der Waals surface area contributed by atoms with Gasteiger partial charge in [0, 0.05) is 29.4 Å². The molecular weight excluding hydrogens is 366 g/mol. The van der Waals surface area contributed by atoms with Gasteiger partial charge in [-0.15, -0.1) is 0 Å². The molecule has 1 aliphatic carbocycles. The number of hydrogen-bond donors (Lipinski definition) is 2. The van der Waals surface area contributed by atoms with E-state index in [1.54, 1.807) is 0 Å². The summed E-state index contributed by atoms with van der Waals surface area (Å²) in [6.07, 6.45) is 5.43. The van der Waals surface area contributed by atoms with Gasteiger partial charge in [-0.3, -0.25) is 4.79 Å². The number of benzene rings is 2. The van der Waals surface area contributed by atoms with Gasteiger partial charge in [-0.1, -0.05) is 47.6 Å². The van der Waals surface area contributed by atoms with Gasteiger partial charge in [0.05, 0.1) is 11.6 Å².